The van der Waals surface area contributed by atoms with E-state index < -0.39 is 0 Å². The maximum atomic E-state index is 6.30. The summed E-state index contributed by atoms with van der Waals surface area (Å²) in [4.78, 5) is 13.4. The third kappa shape index (κ3) is 2.63. The van der Waals surface area contributed by atoms with E-state index in [-0.39, 0.29) is 5.38 Å². The molecular weight excluding hydrogens is 284 g/mol. The Morgan fingerprint density at radius 2 is 2.10 bits per heavy atom. The van der Waals surface area contributed by atoms with Crippen molar-refractivity contribution in [3.8, 4) is 0 Å². The number of fused-ring (bicyclic) bond motifs is 1. The number of hydrogen-bond donors (Lipinski definition) is 0. The van der Waals surface area contributed by atoms with Crippen molar-refractivity contribution in [3.63, 3.8) is 0 Å². The van der Waals surface area contributed by atoms with Crippen LogP contribution in [0.5, 0.6) is 0 Å². The second-order valence-electron chi connectivity index (χ2n) is 5.33. The Morgan fingerprint density at radius 1 is 1.29 bits per heavy atom. The standard InChI is InChI=1S/C16H17ClN4/c1-10-6-14-16(19-7-10)21(15(20-14)12(3)17)9-13-8-18-5-4-11(13)2/h4-8,12H,9H2,1-3H3. The van der Waals surface area contributed by atoms with Crippen LogP contribution < -0.4 is 0 Å². The van der Waals surface area contributed by atoms with Gasteiger partial charge in [0.15, 0.2) is 5.65 Å². The van der Waals surface area contributed by atoms with Crippen LogP contribution in [-0.2, 0) is 6.54 Å². The van der Waals surface area contributed by atoms with Crippen LogP contribution in [0.4, 0.5) is 0 Å². The summed E-state index contributed by atoms with van der Waals surface area (Å²) in [6.07, 6.45) is 5.55. The van der Waals surface area contributed by atoms with Crippen molar-refractivity contribution >= 4 is 22.8 Å². The van der Waals surface area contributed by atoms with Crippen LogP contribution in [0.15, 0.2) is 30.7 Å². The summed E-state index contributed by atoms with van der Waals surface area (Å²) in [6.45, 7) is 6.71. The van der Waals surface area contributed by atoms with Crippen molar-refractivity contribution in [2.24, 2.45) is 0 Å². The highest BCUT2D eigenvalue weighted by Gasteiger charge is 2.16. The molecular formula is C16H17ClN4. The highest BCUT2D eigenvalue weighted by atomic mass is 35.5. The number of rotatable bonds is 3. The number of halogens is 1. The fourth-order valence-electron chi connectivity index (χ4n) is 2.42. The molecule has 0 amide bonds. The summed E-state index contributed by atoms with van der Waals surface area (Å²) in [5.41, 5.74) is 5.20. The van der Waals surface area contributed by atoms with Gasteiger partial charge >= 0.3 is 0 Å². The van der Waals surface area contributed by atoms with Gasteiger partial charge < -0.3 is 4.57 Å². The molecule has 0 aliphatic heterocycles. The van der Waals surface area contributed by atoms with E-state index in [1.165, 1.54) is 5.56 Å². The molecule has 0 aromatic carbocycles. The van der Waals surface area contributed by atoms with Gasteiger partial charge in [-0.3, -0.25) is 4.98 Å². The molecule has 4 nitrogen and oxygen atoms in total. The zero-order valence-electron chi connectivity index (χ0n) is 12.3. The van der Waals surface area contributed by atoms with Crippen molar-refractivity contribution in [3.05, 3.63) is 53.2 Å². The van der Waals surface area contributed by atoms with Gasteiger partial charge in [0.2, 0.25) is 0 Å². The van der Waals surface area contributed by atoms with E-state index in [9.17, 15) is 0 Å². The normalized spacial score (nSPS) is 12.8. The molecule has 0 radical (unpaired) electrons. The highest BCUT2D eigenvalue weighted by molar-refractivity contribution is 6.20. The van der Waals surface area contributed by atoms with E-state index in [1.807, 2.05) is 38.4 Å². The summed E-state index contributed by atoms with van der Waals surface area (Å²) in [6, 6.07) is 4.05. The molecule has 0 saturated heterocycles. The molecule has 0 bridgehead atoms. The first-order valence-corrected chi connectivity index (χ1v) is 7.36. The molecule has 3 aromatic heterocycles. The summed E-state index contributed by atoms with van der Waals surface area (Å²) < 4.78 is 2.08. The number of imidazole rings is 1. The lowest BCUT2D eigenvalue weighted by Crippen LogP contribution is -2.08. The van der Waals surface area contributed by atoms with E-state index in [0.29, 0.717) is 6.54 Å². The van der Waals surface area contributed by atoms with E-state index in [2.05, 4.69) is 26.4 Å². The molecule has 3 aromatic rings. The largest absolute Gasteiger partial charge is 0.307 e. The molecule has 21 heavy (non-hydrogen) atoms. The average molecular weight is 301 g/mol. The fraction of sp³-hybridized carbons (Fsp3) is 0.312. The molecule has 0 fully saturated rings. The molecule has 1 unspecified atom stereocenters. The molecule has 1 atom stereocenters. The van der Waals surface area contributed by atoms with Crippen LogP contribution >= 0.6 is 11.6 Å². The predicted molar refractivity (Wildman–Crippen MR) is 84.6 cm³/mol. The summed E-state index contributed by atoms with van der Waals surface area (Å²) in [7, 11) is 0. The molecule has 5 heteroatoms. The fourth-order valence-corrected chi connectivity index (χ4v) is 2.59. The molecule has 0 aliphatic rings. The first-order chi connectivity index (χ1) is 10.1. The molecule has 108 valence electrons. The minimum Gasteiger partial charge on any atom is -0.307 e. The first-order valence-electron chi connectivity index (χ1n) is 6.92. The second-order valence-corrected chi connectivity index (χ2v) is 5.98. The SMILES string of the molecule is Cc1cnc2c(c1)nc(C(C)Cl)n2Cc1cnccc1C. The van der Waals surface area contributed by atoms with Gasteiger partial charge in [-0.1, -0.05) is 0 Å². The van der Waals surface area contributed by atoms with E-state index in [1.54, 1.807) is 6.20 Å². The Labute approximate surface area is 128 Å². The smallest absolute Gasteiger partial charge is 0.160 e. The third-order valence-corrected chi connectivity index (χ3v) is 3.78. The van der Waals surface area contributed by atoms with Crippen molar-refractivity contribution in [1.82, 2.24) is 19.5 Å². The lowest BCUT2D eigenvalue weighted by Gasteiger charge is -2.11. The Kier molecular flexibility index (Phi) is 3.64. The zero-order chi connectivity index (χ0) is 15.0. The van der Waals surface area contributed by atoms with Crippen molar-refractivity contribution in [1.29, 1.82) is 0 Å². The van der Waals surface area contributed by atoms with E-state index in [0.717, 1.165) is 28.1 Å². The van der Waals surface area contributed by atoms with Gasteiger partial charge in [0.25, 0.3) is 0 Å². The molecule has 3 heterocycles. The van der Waals surface area contributed by atoms with Crippen LogP contribution in [0.3, 0.4) is 0 Å². The molecule has 0 saturated carbocycles. The van der Waals surface area contributed by atoms with Gasteiger partial charge in [-0.15, -0.1) is 11.6 Å². The lowest BCUT2D eigenvalue weighted by molar-refractivity contribution is 0.731. The number of aromatic nitrogens is 4. The minimum absolute atomic E-state index is 0.170. The zero-order valence-corrected chi connectivity index (χ0v) is 13.1. The predicted octanol–water partition coefficient (Wildman–Crippen LogP) is 3.79. The van der Waals surface area contributed by atoms with Crippen LogP contribution in [0.25, 0.3) is 11.2 Å². The van der Waals surface area contributed by atoms with Crippen LogP contribution in [-0.4, -0.2) is 19.5 Å². The van der Waals surface area contributed by atoms with Crippen molar-refractivity contribution in [2.75, 3.05) is 0 Å². The Morgan fingerprint density at radius 3 is 2.81 bits per heavy atom. The number of aryl methyl sites for hydroxylation is 2. The van der Waals surface area contributed by atoms with Crippen LogP contribution in [0.2, 0.25) is 0 Å². The third-order valence-electron chi connectivity index (χ3n) is 3.58. The maximum absolute atomic E-state index is 6.30. The molecule has 0 N–H and O–H groups in total. The topological polar surface area (TPSA) is 43.6 Å². The van der Waals surface area contributed by atoms with Gasteiger partial charge in [0.1, 0.15) is 11.3 Å². The lowest BCUT2D eigenvalue weighted by atomic mass is 10.1. The summed E-state index contributed by atoms with van der Waals surface area (Å²) in [5.74, 6) is 0.841. The van der Waals surface area contributed by atoms with Crippen LogP contribution in [0.1, 0.15) is 34.8 Å². The van der Waals surface area contributed by atoms with E-state index >= 15 is 0 Å². The summed E-state index contributed by atoms with van der Waals surface area (Å²) in [5, 5.41) is -0.170. The second kappa shape index (κ2) is 5.45. The van der Waals surface area contributed by atoms with Gasteiger partial charge in [-0.25, -0.2) is 9.97 Å². The minimum atomic E-state index is -0.170. The van der Waals surface area contributed by atoms with Gasteiger partial charge in [-0.2, -0.15) is 0 Å². The first kappa shape index (κ1) is 14.0. The van der Waals surface area contributed by atoms with Gasteiger partial charge in [-0.05, 0) is 49.6 Å². The number of alkyl halides is 1. The van der Waals surface area contributed by atoms with Gasteiger partial charge in [0, 0.05) is 18.6 Å². The maximum Gasteiger partial charge on any atom is 0.160 e. The Balaban J connectivity index is 2.16. The molecule has 0 spiro atoms. The van der Waals surface area contributed by atoms with E-state index in [4.69, 9.17) is 11.6 Å². The van der Waals surface area contributed by atoms with Gasteiger partial charge in [0.05, 0.1) is 11.9 Å². The number of nitrogens with zero attached hydrogens (tertiary/aromatic N) is 4. The Bertz CT molecular complexity index is 792. The molecule has 3 rings (SSSR count). The van der Waals surface area contributed by atoms with Crippen molar-refractivity contribution in [2.45, 2.75) is 32.7 Å². The van der Waals surface area contributed by atoms with Crippen LogP contribution in [0, 0.1) is 13.8 Å². The van der Waals surface area contributed by atoms with Crippen molar-refractivity contribution < 1.29 is 0 Å². The molecule has 0 aliphatic carbocycles. The average Bonchev–Trinajstić information content (AvgIpc) is 2.79. The quantitative estimate of drug-likeness (QED) is 0.691. The Hall–Kier alpha value is -1.94. The summed E-state index contributed by atoms with van der Waals surface area (Å²) >= 11 is 6.30. The monoisotopic (exact) mass is 300 g/mol. The highest BCUT2D eigenvalue weighted by Crippen LogP contribution is 2.25. The number of pyridine rings is 2. The number of hydrogen-bond acceptors (Lipinski definition) is 3.